The first-order chi connectivity index (χ1) is 14.8. The van der Waals surface area contributed by atoms with E-state index < -0.39 is 29.8 Å². The molecule has 0 unspecified atom stereocenters. The standard InChI is InChI=1S/C24H33F2N2O3/c1-3-13-27-15-16-28(19(27)2)14-8-17-31-22(29)24(30,20-9-5-4-6-10-20)21-11-7-12-23(25,26)18-21/h4-6,9-10,15-16,21,30H,3,7-8,11-14,17-18H2,1-2H3/q+1/t21-,24+/m1/s1. The number of nitrogens with zero attached hydrogens (tertiary/aromatic N) is 2. The number of esters is 1. The van der Waals surface area contributed by atoms with Gasteiger partial charge in [0.15, 0.2) is 5.60 Å². The van der Waals surface area contributed by atoms with E-state index >= 15 is 0 Å². The van der Waals surface area contributed by atoms with E-state index in [1.165, 1.54) is 0 Å². The van der Waals surface area contributed by atoms with Crippen LogP contribution in [0.25, 0.3) is 0 Å². The molecule has 0 saturated heterocycles. The number of aryl methyl sites for hydroxylation is 2. The Morgan fingerprint density at radius 1 is 1.35 bits per heavy atom. The van der Waals surface area contributed by atoms with E-state index in [2.05, 4.69) is 16.1 Å². The van der Waals surface area contributed by atoms with Gasteiger partial charge in [-0.15, -0.1) is 0 Å². The van der Waals surface area contributed by atoms with Gasteiger partial charge < -0.3 is 9.84 Å². The predicted octanol–water partition coefficient (Wildman–Crippen LogP) is 4.14. The van der Waals surface area contributed by atoms with Crippen molar-refractivity contribution in [3.05, 3.63) is 54.1 Å². The van der Waals surface area contributed by atoms with Gasteiger partial charge >= 0.3 is 5.97 Å². The van der Waals surface area contributed by atoms with Crippen molar-refractivity contribution in [3.8, 4) is 0 Å². The third kappa shape index (κ3) is 5.32. The van der Waals surface area contributed by atoms with Gasteiger partial charge in [-0.1, -0.05) is 37.3 Å². The number of hydrogen-bond acceptors (Lipinski definition) is 3. The van der Waals surface area contributed by atoms with Crippen molar-refractivity contribution < 1.29 is 28.0 Å². The van der Waals surface area contributed by atoms with E-state index in [9.17, 15) is 18.7 Å². The molecule has 170 valence electrons. The van der Waals surface area contributed by atoms with E-state index in [0.29, 0.717) is 24.9 Å². The van der Waals surface area contributed by atoms with Crippen LogP contribution < -0.4 is 4.57 Å². The Kier molecular flexibility index (Phi) is 7.46. The maximum Gasteiger partial charge on any atom is 0.343 e. The molecule has 1 heterocycles. The predicted molar refractivity (Wildman–Crippen MR) is 112 cm³/mol. The molecular formula is C24H33F2N2O3+. The summed E-state index contributed by atoms with van der Waals surface area (Å²) in [6.07, 6.45) is 5.54. The highest BCUT2D eigenvalue weighted by molar-refractivity contribution is 5.81. The van der Waals surface area contributed by atoms with Gasteiger partial charge in [-0.25, -0.2) is 22.7 Å². The van der Waals surface area contributed by atoms with Gasteiger partial charge in [0.2, 0.25) is 5.92 Å². The average Bonchev–Trinajstić information content (AvgIpc) is 3.10. The number of rotatable bonds is 9. The SMILES string of the molecule is CCC[n+]1ccn(CCCOC(=O)[C@](O)(c2ccccc2)[C@@H]2CCCC(F)(F)C2)c1C. The summed E-state index contributed by atoms with van der Waals surface area (Å²) < 4.78 is 37.9. The maximum absolute atomic E-state index is 14.1. The van der Waals surface area contributed by atoms with Crippen LogP contribution in [-0.4, -0.2) is 28.2 Å². The van der Waals surface area contributed by atoms with Crippen molar-refractivity contribution in [2.75, 3.05) is 6.61 Å². The van der Waals surface area contributed by atoms with Gasteiger partial charge in [-0.3, -0.25) is 0 Å². The minimum absolute atomic E-state index is 0.114. The van der Waals surface area contributed by atoms with Crippen LogP contribution in [0.15, 0.2) is 42.7 Å². The summed E-state index contributed by atoms with van der Waals surface area (Å²) in [6, 6.07) is 8.34. The quantitative estimate of drug-likeness (QED) is 0.366. The zero-order chi connectivity index (χ0) is 22.5. The second-order valence-corrected chi connectivity index (χ2v) is 8.50. The fourth-order valence-corrected chi connectivity index (χ4v) is 4.51. The summed E-state index contributed by atoms with van der Waals surface area (Å²) in [5, 5.41) is 11.4. The van der Waals surface area contributed by atoms with Gasteiger partial charge in [-0.05, 0) is 24.8 Å². The van der Waals surface area contributed by atoms with E-state index in [-0.39, 0.29) is 19.4 Å². The number of halogens is 2. The zero-order valence-electron chi connectivity index (χ0n) is 18.4. The van der Waals surface area contributed by atoms with Crippen LogP contribution in [0.5, 0.6) is 0 Å². The molecule has 0 aliphatic heterocycles. The van der Waals surface area contributed by atoms with Crippen molar-refractivity contribution in [3.63, 3.8) is 0 Å². The topological polar surface area (TPSA) is 55.3 Å². The zero-order valence-corrected chi connectivity index (χ0v) is 18.4. The number of aliphatic hydroxyl groups is 1. The molecule has 7 heteroatoms. The largest absolute Gasteiger partial charge is 0.463 e. The number of carbonyl (C=O) groups is 1. The average molecular weight is 436 g/mol. The second-order valence-electron chi connectivity index (χ2n) is 8.50. The van der Waals surface area contributed by atoms with Crippen LogP contribution in [0.2, 0.25) is 0 Å². The van der Waals surface area contributed by atoms with E-state index in [1.807, 2.05) is 19.3 Å². The van der Waals surface area contributed by atoms with Crippen LogP contribution in [-0.2, 0) is 28.2 Å². The van der Waals surface area contributed by atoms with Crippen molar-refractivity contribution in [1.29, 1.82) is 0 Å². The number of benzene rings is 1. The molecule has 1 aromatic heterocycles. The number of imidazole rings is 1. The van der Waals surface area contributed by atoms with Gasteiger partial charge in [0.05, 0.1) is 19.7 Å². The summed E-state index contributed by atoms with van der Waals surface area (Å²) in [7, 11) is 0. The van der Waals surface area contributed by atoms with Crippen LogP contribution >= 0.6 is 0 Å². The molecule has 2 aromatic rings. The first-order valence-corrected chi connectivity index (χ1v) is 11.2. The number of ether oxygens (including phenoxy) is 1. The molecule has 1 saturated carbocycles. The lowest BCUT2D eigenvalue weighted by molar-refractivity contribution is -0.702. The minimum atomic E-state index is -2.88. The Balaban J connectivity index is 1.67. The Morgan fingerprint density at radius 2 is 2.10 bits per heavy atom. The molecule has 0 spiro atoms. The molecular weight excluding hydrogens is 402 g/mol. The van der Waals surface area contributed by atoms with Crippen LogP contribution in [0, 0.1) is 12.8 Å². The highest BCUT2D eigenvalue weighted by atomic mass is 19.3. The highest BCUT2D eigenvalue weighted by Gasteiger charge is 2.52. The fourth-order valence-electron chi connectivity index (χ4n) is 4.51. The van der Waals surface area contributed by atoms with Crippen LogP contribution in [0.3, 0.4) is 0 Å². The Labute approximate surface area is 182 Å². The lowest BCUT2D eigenvalue weighted by Crippen LogP contribution is -2.48. The molecule has 31 heavy (non-hydrogen) atoms. The molecule has 1 fully saturated rings. The molecule has 3 rings (SSSR count). The molecule has 0 bridgehead atoms. The maximum atomic E-state index is 14.1. The molecule has 1 aliphatic rings. The van der Waals surface area contributed by atoms with Crippen molar-refractivity contribution in [2.24, 2.45) is 5.92 Å². The fraction of sp³-hybridized carbons (Fsp3) is 0.583. The van der Waals surface area contributed by atoms with E-state index in [1.54, 1.807) is 30.3 Å². The first-order valence-electron chi connectivity index (χ1n) is 11.2. The van der Waals surface area contributed by atoms with Gasteiger partial charge in [0, 0.05) is 32.1 Å². The van der Waals surface area contributed by atoms with E-state index in [4.69, 9.17) is 4.74 Å². The van der Waals surface area contributed by atoms with Crippen molar-refractivity contribution in [1.82, 2.24) is 4.57 Å². The molecule has 1 aliphatic carbocycles. The lowest BCUT2D eigenvalue weighted by atomic mass is 9.72. The molecule has 2 atom stereocenters. The summed E-state index contributed by atoms with van der Waals surface area (Å²) in [6.45, 7) is 5.89. The number of aromatic nitrogens is 2. The number of alkyl halides is 2. The van der Waals surface area contributed by atoms with Gasteiger partial charge in [0.1, 0.15) is 12.4 Å². The summed E-state index contributed by atoms with van der Waals surface area (Å²) in [4.78, 5) is 13.0. The molecule has 1 aromatic carbocycles. The number of hydrogen-bond donors (Lipinski definition) is 1. The molecule has 5 nitrogen and oxygen atoms in total. The van der Waals surface area contributed by atoms with Crippen molar-refractivity contribution >= 4 is 5.97 Å². The Hall–Kier alpha value is -2.28. The smallest absolute Gasteiger partial charge is 0.343 e. The van der Waals surface area contributed by atoms with E-state index in [0.717, 1.165) is 18.8 Å². The Bertz CT molecular complexity index is 869. The third-order valence-electron chi connectivity index (χ3n) is 6.25. The van der Waals surface area contributed by atoms with Crippen LogP contribution in [0.4, 0.5) is 8.78 Å². The minimum Gasteiger partial charge on any atom is -0.463 e. The number of carbonyl (C=O) groups excluding carboxylic acids is 1. The van der Waals surface area contributed by atoms with Gasteiger partial charge in [-0.2, -0.15) is 0 Å². The summed E-state index contributed by atoms with van der Waals surface area (Å²) >= 11 is 0. The second kappa shape index (κ2) is 9.90. The first kappa shape index (κ1) is 23.4. The third-order valence-corrected chi connectivity index (χ3v) is 6.25. The molecule has 0 amide bonds. The van der Waals surface area contributed by atoms with Crippen LogP contribution in [0.1, 0.15) is 56.8 Å². The molecule has 1 N–H and O–H groups in total. The highest BCUT2D eigenvalue weighted by Crippen LogP contribution is 2.45. The van der Waals surface area contributed by atoms with Gasteiger partial charge in [0.25, 0.3) is 5.82 Å². The molecule has 0 radical (unpaired) electrons. The van der Waals surface area contributed by atoms with Crippen molar-refractivity contribution in [2.45, 2.75) is 77.0 Å². The lowest BCUT2D eigenvalue weighted by Gasteiger charge is -2.39. The summed E-state index contributed by atoms with van der Waals surface area (Å²) in [5.41, 5.74) is -1.76. The summed E-state index contributed by atoms with van der Waals surface area (Å²) in [5.74, 6) is -3.48. The monoisotopic (exact) mass is 435 g/mol. The normalized spacial score (nSPS) is 20.2. The Morgan fingerprint density at radius 3 is 2.77 bits per heavy atom.